The third kappa shape index (κ3) is 3.71. The van der Waals surface area contributed by atoms with Crippen LogP contribution in [0.1, 0.15) is 24.8 Å². The van der Waals surface area contributed by atoms with E-state index in [2.05, 4.69) is 0 Å². The van der Waals surface area contributed by atoms with E-state index < -0.39 is 11.0 Å². The highest BCUT2D eigenvalue weighted by molar-refractivity contribution is 7.14. The van der Waals surface area contributed by atoms with E-state index in [-0.39, 0.29) is 10.8 Å². The number of benzene rings is 1. The zero-order valence-corrected chi connectivity index (χ0v) is 12.4. The van der Waals surface area contributed by atoms with Crippen molar-refractivity contribution in [3.63, 3.8) is 0 Å². The Kier molecular flexibility index (Phi) is 4.77. The van der Waals surface area contributed by atoms with Crippen molar-refractivity contribution in [2.45, 2.75) is 20.0 Å². The van der Waals surface area contributed by atoms with Gasteiger partial charge >= 0.3 is 5.69 Å². The largest absolute Gasteiger partial charge is 0.494 e. The Hall–Kier alpha value is -2.12. The highest BCUT2D eigenvalue weighted by Gasteiger charge is 2.23. The fraction of sp³-hybridized carbons (Fsp3) is 0.286. The Labute approximate surface area is 125 Å². The van der Waals surface area contributed by atoms with Gasteiger partial charge in [-0.1, -0.05) is 17.4 Å². The molecule has 21 heavy (non-hydrogen) atoms. The second-order valence-electron chi connectivity index (χ2n) is 4.26. The third-order valence-corrected chi connectivity index (χ3v) is 3.81. The summed E-state index contributed by atoms with van der Waals surface area (Å²) < 4.78 is 10.9. The van der Waals surface area contributed by atoms with E-state index in [1.165, 1.54) is 6.07 Å². The maximum absolute atomic E-state index is 11.0. The molecule has 2 aromatic rings. The van der Waals surface area contributed by atoms with Crippen LogP contribution in [0, 0.1) is 10.1 Å². The Bertz CT molecular complexity index is 638. The summed E-state index contributed by atoms with van der Waals surface area (Å²) in [6, 6.07) is 8.20. The fourth-order valence-electron chi connectivity index (χ4n) is 1.69. The number of thiophene rings is 1. The zero-order chi connectivity index (χ0) is 15.4. The Morgan fingerprint density at radius 2 is 2.10 bits per heavy atom. The van der Waals surface area contributed by atoms with Gasteiger partial charge < -0.3 is 14.6 Å². The van der Waals surface area contributed by atoms with Crippen molar-refractivity contribution in [1.29, 1.82) is 0 Å². The average molecular weight is 309 g/mol. The Morgan fingerprint density at radius 3 is 2.71 bits per heavy atom. The topological polar surface area (TPSA) is 81.8 Å². The van der Waals surface area contributed by atoms with Crippen molar-refractivity contribution in [2.75, 3.05) is 6.61 Å². The van der Waals surface area contributed by atoms with Gasteiger partial charge in [-0.3, -0.25) is 10.1 Å². The molecule has 1 heterocycles. The quantitative estimate of drug-likeness (QED) is 0.646. The van der Waals surface area contributed by atoms with Crippen LogP contribution in [0.3, 0.4) is 0 Å². The molecule has 2 rings (SSSR count). The molecule has 112 valence electrons. The molecule has 0 radical (unpaired) electrons. The minimum Gasteiger partial charge on any atom is -0.494 e. The van der Waals surface area contributed by atoms with Gasteiger partial charge in [0.05, 0.1) is 17.6 Å². The van der Waals surface area contributed by atoms with Crippen molar-refractivity contribution in [2.24, 2.45) is 0 Å². The summed E-state index contributed by atoms with van der Waals surface area (Å²) in [5, 5.41) is 20.7. The van der Waals surface area contributed by atoms with E-state index in [0.29, 0.717) is 23.0 Å². The van der Waals surface area contributed by atoms with Gasteiger partial charge in [0.15, 0.2) is 0 Å². The first-order chi connectivity index (χ1) is 10.0. The first-order valence-electron chi connectivity index (χ1n) is 6.38. The molecule has 0 aliphatic rings. The number of ether oxygens (including phenoxy) is 2. The van der Waals surface area contributed by atoms with Crippen molar-refractivity contribution in [3.8, 4) is 16.6 Å². The molecule has 1 atom stereocenters. The van der Waals surface area contributed by atoms with Crippen LogP contribution in [0.2, 0.25) is 0 Å². The minimum absolute atomic E-state index is 0.143. The molecule has 1 N–H and O–H groups in total. The lowest BCUT2D eigenvalue weighted by Crippen LogP contribution is -1.92. The fourth-order valence-corrected chi connectivity index (χ4v) is 2.62. The average Bonchev–Trinajstić information content (AvgIpc) is 2.84. The van der Waals surface area contributed by atoms with E-state index in [0.717, 1.165) is 11.3 Å². The maximum atomic E-state index is 11.0. The van der Waals surface area contributed by atoms with E-state index in [4.69, 9.17) is 9.47 Å². The lowest BCUT2D eigenvalue weighted by molar-refractivity contribution is -0.385. The molecule has 1 aromatic heterocycles. The molecule has 0 amide bonds. The number of hydrogen-bond acceptors (Lipinski definition) is 6. The summed E-state index contributed by atoms with van der Waals surface area (Å²) in [6.07, 6.45) is -0.777. The van der Waals surface area contributed by atoms with Gasteiger partial charge in [0.25, 0.3) is 5.06 Å². The van der Waals surface area contributed by atoms with Crippen molar-refractivity contribution >= 4 is 17.0 Å². The summed E-state index contributed by atoms with van der Waals surface area (Å²) in [5.74, 6) is 1.08. The van der Waals surface area contributed by atoms with Gasteiger partial charge in [-0.25, -0.2) is 0 Å². The van der Waals surface area contributed by atoms with Gasteiger partial charge in [-0.2, -0.15) is 0 Å². The van der Waals surface area contributed by atoms with Crippen LogP contribution in [0.25, 0.3) is 0 Å². The molecule has 7 heteroatoms. The van der Waals surface area contributed by atoms with Crippen LogP contribution in [0.15, 0.2) is 30.3 Å². The summed E-state index contributed by atoms with van der Waals surface area (Å²) in [7, 11) is 0. The van der Waals surface area contributed by atoms with Gasteiger partial charge in [-0.15, -0.1) is 0 Å². The molecule has 0 saturated heterocycles. The van der Waals surface area contributed by atoms with Crippen molar-refractivity contribution in [1.82, 2.24) is 0 Å². The highest BCUT2D eigenvalue weighted by atomic mass is 32.1. The highest BCUT2D eigenvalue weighted by Crippen LogP contribution is 2.42. The lowest BCUT2D eigenvalue weighted by Gasteiger charge is -2.06. The number of aliphatic hydroxyl groups excluding tert-OH is 1. The maximum Gasteiger partial charge on any atom is 0.323 e. The zero-order valence-electron chi connectivity index (χ0n) is 11.6. The molecule has 6 nitrogen and oxygen atoms in total. The number of nitrogens with zero attached hydrogens (tertiary/aromatic N) is 1. The number of rotatable bonds is 6. The van der Waals surface area contributed by atoms with E-state index >= 15 is 0 Å². The second kappa shape index (κ2) is 6.55. The Morgan fingerprint density at radius 1 is 1.38 bits per heavy atom. The van der Waals surface area contributed by atoms with Gasteiger partial charge in [0.2, 0.25) is 0 Å². The van der Waals surface area contributed by atoms with Crippen molar-refractivity contribution in [3.05, 3.63) is 45.3 Å². The monoisotopic (exact) mass is 309 g/mol. The van der Waals surface area contributed by atoms with Crippen LogP contribution in [0.4, 0.5) is 5.69 Å². The molecule has 0 aliphatic carbocycles. The van der Waals surface area contributed by atoms with Crippen molar-refractivity contribution < 1.29 is 19.5 Å². The SMILES string of the molecule is CCOc1cccc(Oc2sc([C@@H](C)O)cc2[N+](=O)[O-])c1. The standard InChI is InChI=1S/C14H15NO5S/c1-3-19-10-5-4-6-11(7-10)20-14-12(15(17)18)8-13(21-14)9(2)16/h4-9,16H,3H2,1-2H3/t9-/m1/s1. The molecule has 0 bridgehead atoms. The second-order valence-corrected chi connectivity index (χ2v) is 5.31. The summed E-state index contributed by atoms with van der Waals surface area (Å²) in [6.45, 7) is 3.94. The number of nitro groups is 1. The molecule has 0 unspecified atom stereocenters. The summed E-state index contributed by atoms with van der Waals surface area (Å²) >= 11 is 1.06. The van der Waals surface area contributed by atoms with Crippen LogP contribution < -0.4 is 9.47 Å². The molecule has 0 spiro atoms. The molecule has 1 aromatic carbocycles. The number of aliphatic hydroxyl groups is 1. The predicted octanol–water partition coefficient (Wildman–Crippen LogP) is 3.90. The van der Waals surface area contributed by atoms with Crippen LogP contribution in [0.5, 0.6) is 16.6 Å². The molecular formula is C14H15NO5S. The first kappa shape index (κ1) is 15.3. The van der Waals surface area contributed by atoms with Crippen LogP contribution in [-0.4, -0.2) is 16.6 Å². The van der Waals surface area contributed by atoms with Gasteiger partial charge in [-0.05, 0) is 26.0 Å². The predicted molar refractivity (Wildman–Crippen MR) is 79.3 cm³/mol. The van der Waals surface area contributed by atoms with Gasteiger partial charge in [0.1, 0.15) is 11.5 Å². The lowest BCUT2D eigenvalue weighted by atomic mass is 10.3. The van der Waals surface area contributed by atoms with Gasteiger partial charge in [0, 0.05) is 17.0 Å². The van der Waals surface area contributed by atoms with Crippen LogP contribution in [-0.2, 0) is 0 Å². The smallest absolute Gasteiger partial charge is 0.323 e. The Balaban J connectivity index is 2.30. The van der Waals surface area contributed by atoms with Crippen LogP contribution >= 0.6 is 11.3 Å². The first-order valence-corrected chi connectivity index (χ1v) is 7.19. The normalized spacial score (nSPS) is 12.0. The van der Waals surface area contributed by atoms with E-state index in [1.54, 1.807) is 31.2 Å². The van der Waals surface area contributed by atoms with E-state index in [9.17, 15) is 15.2 Å². The summed E-state index contributed by atoms with van der Waals surface area (Å²) in [4.78, 5) is 11.0. The molecule has 0 fully saturated rings. The molecule has 0 saturated carbocycles. The van der Waals surface area contributed by atoms with E-state index in [1.807, 2.05) is 6.92 Å². The molecular weight excluding hydrogens is 294 g/mol. The summed E-state index contributed by atoms with van der Waals surface area (Å²) in [5.41, 5.74) is -0.155. The third-order valence-electron chi connectivity index (χ3n) is 2.63. The minimum atomic E-state index is -0.777. The number of hydrogen-bond donors (Lipinski definition) is 1. The molecule has 0 aliphatic heterocycles.